The van der Waals surface area contributed by atoms with Crippen LogP contribution in [0, 0.1) is 6.92 Å². The molecule has 0 saturated carbocycles. The highest BCUT2D eigenvalue weighted by molar-refractivity contribution is 9.10. The van der Waals surface area contributed by atoms with E-state index in [1.54, 1.807) is 21.0 Å². The van der Waals surface area contributed by atoms with Gasteiger partial charge in [-0.15, -0.1) is 0 Å². The van der Waals surface area contributed by atoms with Crippen LogP contribution in [-0.2, 0) is 18.8 Å². The molecule has 10 heteroatoms. The number of esters is 1. The van der Waals surface area contributed by atoms with Gasteiger partial charge in [0.05, 0.1) is 25.6 Å². The van der Waals surface area contributed by atoms with Gasteiger partial charge in [0.2, 0.25) is 5.88 Å². The highest BCUT2D eigenvalue weighted by atomic mass is 79.9. The van der Waals surface area contributed by atoms with Crippen molar-refractivity contribution in [2.24, 2.45) is 14.1 Å². The van der Waals surface area contributed by atoms with Gasteiger partial charge >= 0.3 is 5.97 Å². The molecule has 0 spiro atoms. The van der Waals surface area contributed by atoms with Crippen molar-refractivity contribution < 1.29 is 19.1 Å². The number of ether oxygens (including phenoxy) is 2. The standard InChI is InChI=1S/C13H16BrN5O4/c1-6-8(10(13(21)23-5)17-18(6)2)15-11(20)9-7(14)12(22-4)19(3)16-9/h1-5H3,(H,15,20). The Hall–Kier alpha value is -2.36. The van der Waals surface area contributed by atoms with E-state index in [4.69, 9.17) is 4.74 Å². The van der Waals surface area contributed by atoms with Crippen LogP contribution in [0.2, 0.25) is 0 Å². The van der Waals surface area contributed by atoms with Gasteiger partial charge in [0.15, 0.2) is 11.4 Å². The van der Waals surface area contributed by atoms with Crippen LogP contribution in [0.3, 0.4) is 0 Å². The number of amides is 1. The molecule has 2 aromatic heterocycles. The lowest BCUT2D eigenvalue weighted by Crippen LogP contribution is -2.16. The van der Waals surface area contributed by atoms with Gasteiger partial charge < -0.3 is 14.8 Å². The Balaban J connectivity index is 2.40. The van der Waals surface area contributed by atoms with Crippen molar-refractivity contribution >= 4 is 33.5 Å². The van der Waals surface area contributed by atoms with Crippen LogP contribution in [0.25, 0.3) is 0 Å². The minimum absolute atomic E-state index is 0.0277. The number of hydrogen-bond donors (Lipinski definition) is 1. The van der Waals surface area contributed by atoms with E-state index in [-0.39, 0.29) is 17.1 Å². The summed E-state index contributed by atoms with van der Waals surface area (Å²) in [6.45, 7) is 1.73. The molecule has 1 amide bonds. The van der Waals surface area contributed by atoms with Gasteiger partial charge in [0, 0.05) is 14.1 Å². The Morgan fingerprint density at radius 2 is 1.74 bits per heavy atom. The number of hydrogen-bond acceptors (Lipinski definition) is 6. The molecule has 0 aliphatic heterocycles. The number of aryl methyl sites for hydroxylation is 2. The monoisotopic (exact) mass is 385 g/mol. The molecule has 0 bridgehead atoms. The van der Waals surface area contributed by atoms with Gasteiger partial charge in [-0.05, 0) is 22.9 Å². The van der Waals surface area contributed by atoms with Gasteiger partial charge in [-0.3, -0.25) is 9.48 Å². The summed E-state index contributed by atoms with van der Waals surface area (Å²) in [4.78, 5) is 24.3. The van der Waals surface area contributed by atoms with E-state index in [0.29, 0.717) is 16.0 Å². The third-order valence-electron chi connectivity index (χ3n) is 3.30. The first-order chi connectivity index (χ1) is 10.8. The van der Waals surface area contributed by atoms with Crippen molar-refractivity contribution in [3.8, 4) is 5.88 Å². The van der Waals surface area contributed by atoms with Crippen LogP contribution in [0.5, 0.6) is 5.88 Å². The van der Waals surface area contributed by atoms with E-state index in [1.807, 2.05) is 0 Å². The number of nitrogens with one attached hydrogen (secondary N) is 1. The number of aromatic nitrogens is 4. The minimum atomic E-state index is -0.637. The fraction of sp³-hybridized carbons (Fsp3) is 0.385. The van der Waals surface area contributed by atoms with Crippen LogP contribution in [0.15, 0.2) is 4.47 Å². The lowest BCUT2D eigenvalue weighted by Gasteiger charge is -2.05. The zero-order valence-electron chi connectivity index (χ0n) is 13.3. The molecule has 0 radical (unpaired) electrons. The number of methoxy groups -OCH3 is 2. The summed E-state index contributed by atoms with van der Waals surface area (Å²) in [6.07, 6.45) is 0. The van der Waals surface area contributed by atoms with Crippen molar-refractivity contribution in [1.82, 2.24) is 19.6 Å². The Kier molecular flexibility index (Phi) is 4.73. The third-order valence-corrected chi connectivity index (χ3v) is 4.01. The quantitative estimate of drug-likeness (QED) is 0.795. The summed E-state index contributed by atoms with van der Waals surface area (Å²) in [5, 5.41) is 10.8. The largest absolute Gasteiger partial charge is 0.480 e. The summed E-state index contributed by atoms with van der Waals surface area (Å²) in [5.41, 5.74) is 1.04. The number of rotatable bonds is 4. The van der Waals surface area contributed by atoms with Crippen molar-refractivity contribution in [2.75, 3.05) is 19.5 Å². The second kappa shape index (κ2) is 6.41. The molecule has 2 aromatic rings. The van der Waals surface area contributed by atoms with Crippen LogP contribution in [0.1, 0.15) is 26.7 Å². The Bertz CT molecular complexity index is 780. The lowest BCUT2D eigenvalue weighted by molar-refractivity contribution is 0.0594. The van der Waals surface area contributed by atoms with E-state index in [1.165, 1.54) is 23.6 Å². The van der Waals surface area contributed by atoms with Crippen LogP contribution >= 0.6 is 15.9 Å². The Labute approximate surface area is 140 Å². The number of carbonyl (C=O) groups excluding carboxylic acids is 2. The summed E-state index contributed by atoms with van der Waals surface area (Å²) < 4.78 is 13.2. The van der Waals surface area contributed by atoms with Gasteiger partial charge in [-0.25, -0.2) is 9.48 Å². The maximum atomic E-state index is 12.5. The molecule has 0 aliphatic rings. The third kappa shape index (κ3) is 2.93. The SMILES string of the molecule is COC(=O)c1nn(C)c(C)c1NC(=O)c1nn(C)c(OC)c1Br. The number of anilines is 1. The molecule has 9 nitrogen and oxygen atoms in total. The van der Waals surface area contributed by atoms with E-state index in [0.717, 1.165) is 0 Å². The number of halogens is 1. The predicted octanol–water partition coefficient (Wildman–Crippen LogP) is 1.27. The average Bonchev–Trinajstić information content (AvgIpc) is 2.96. The van der Waals surface area contributed by atoms with Crippen LogP contribution in [0.4, 0.5) is 5.69 Å². The Morgan fingerprint density at radius 3 is 2.26 bits per heavy atom. The average molecular weight is 386 g/mol. The van der Waals surface area contributed by atoms with E-state index in [9.17, 15) is 9.59 Å². The van der Waals surface area contributed by atoms with Crippen molar-refractivity contribution in [3.63, 3.8) is 0 Å². The molecule has 2 rings (SSSR count). The first-order valence-electron chi connectivity index (χ1n) is 6.51. The molecule has 2 heterocycles. The van der Waals surface area contributed by atoms with E-state index < -0.39 is 11.9 Å². The number of carbonyl (C=O) groups is 2. The smallest absolute Gasteiger partial charge is 0.360 e. The second-order valence-electron chi connectivity index (χ2n) is 4.67. The van der Waals surface area contributed by atoms with E-state index >= 15 is 0 Å². The fourth-order valence-electron chi connectivity index (χ4n) is 2.02. The summed E-state index contributed by atoms with van der Waals surface area (Å²) in [7, 11) is 6.04. The Morgan fingerprint density at radius 1 is 1.13 bits per heavy atom. The predicted molar refractivity (Wildman–Crippen MR) is 84.7 cm³/mol. The van der Waals surface area contributed by atoms with Gasteiger partial charge in [0.25, 0.3) is 5.91 Å². The number of nitrogens with zero attached hydrogens (tertiary/aromatic N) is 4. The molecule has 23 heavy (non-hydrogen) atoms. The van der Waals surface area contributed by atoms with Crippen LogP contribution in [-0.4, -0.2) is 45.7 Å². The van der Waals surface area contributed by atoms with Gasteiger partial charge in [-0.1, -0.05) is 0 Å². The first-order valence-corrected chi connectivity index (χ1v) is 7.30. The molecule has 0 saturated heterocycles. The summed E-state index contributed by atoms with van der Waals surface area (Å²) >= 11 is 3.28. The normalized spacial score (nSPS) is 10.5. The maximum absolute atomic E-state index is 12.5. The molecule has 0 unspecified atom stereocenters. The topological polar surface area (TPSA) is 100 Å². The maximum Gasteiger partial charge on any atom is 0.360 e. The highest BCUT2D eigenvalue weighted by Gasteiger charge is 2.26. The van der Waals surface area contributed by atoms with Crippen molar-refractivity contribution in [3.05, 3.63) is 21.6 Å². The molecule has 0 atom stereocenters. The molecular weight excluding hydrogens is 370 g/mol. The zero-order valence-corrected chi connectivity index (χ0v) is 14.9. The summed E-state index contributed by atoms with van der Waals surface area (Å²) in [6, 6.07) is 0. The van der Waals surface area contributed by atoms with Crippen molar-refractivity contribution in [2.45, 2.75) is 6.92 Å². The van der Waals surface area contributed by atoms with Crippen LogP contribution < -0.4 is 10.1 Å². The zero-order chi connectivity index (χ0) is 17.3. The molecule has 124 valence electrons. The second-order valence-corrected chi connectivity index (χ2v) is 5.47. The van der Waals surface area contributed by atoms with Gasteiger partial charge in [-0.2, -0.15) is 10.2 Å². The summed E-state index contributed by atoms with van der Waals surface area (Å²) in [5.74, 6) is -0.732. The van der Waals surface area contributed by atoms with Gasteiger partial charge in [0.1, 0.15) is 4.47 Å². The highest BCUT2D eigenvalue weighted by Crippen LogP contribution is 2.29. The van der Waals surface area contributed by atoms with E-state index in [2.05, 4.69) is 36.2 Å². The molecular formula is C13H16BrN5O4. The molecule has 0 aliphatic carbocycles. The van der Waals surface area contributed by atoms with Crippen molar-refractivity contribution in [1.29, 1.82) is 0 Å². The lowest BCUT2D eigenvalue weighted by atomic mass is 10.2. The molecule has 1 N–H and O–H groups in total. The fourth-order valence-corrected chi connectivity index (χ4v) is 2.70. The minimum Gasteiger partial charge on any atom is -0.480 e. The molecule has 0 aromatic carbocycles. The molecule has 0 fully saturated rings. The first kappa shape index (κ1) is 17.0.